The third-order valence-electron chi connectivity index (χ3n) is 6.47. The summed E-state index contributed by atoms with van der Waals surface area (Å²) in [6.07, 6.45) is 0.135. The van der Waals surface area contributed by atoms with Gasteiger partial charge in [0.1, 0.15) is 12.2 Å². The lowest BCUT2D eigenvalue weighted by Gasteiger charge is -2.39. The molecule has 2 aliphatic heterocycles. The second-order valence-corrected chi connectivity index (χ2v) is 19.9. The summed E-state index contributed by atoms with van der Waals surface area (Å²) < 4.78 is 25.3. The molecule has 0 aromatic heterocycles. The van der Waals surface area contributed by atoms with Crippen molar-refractivity contribution < 1.29 is 18.3 Å². The lowest BCUT2D eigenvalue weighted by Crippen LogP contribution is -2.48. The highest BCUT2D eigenvalue weighted by Crippen LogP contribution is 2.42. The number of rotatable bonds is 4. The van der Waals surface area contributed by atoms with E-state index in [2.05, 4.69) is 67.7 Å². The Balaban J connectivity index is 2.02. The Morgan fingerprint density at radius 3 is 1.21 bits per heavy atom. The minimum Gasteiger partial charge on any atom is -0.409 e. The van der Waals surface area contributed by atoms with Gasteiger partial charge in [0.05, 0.1) is 25.4 Å². The molecule has 0 aliphatic carbocycles. The van der Waals surface area contributed by atoms with E-state index >= 15 is 0 Å². The minimum atomic E-state index is -1.82. The standard InChI is InChI=1S/C18H38O4Si2/c1-17(2,3)23(7,8)21-13-11-19-16-14(12-20-15(13)16)22-24(9,10)18(4,5)6/h13-16H,11-12H2,1-10H3/t13-,14-,15-,16-/m1/s1. The summed E-state index contributed by atoms with van der Waals surface area (Å²) in [5.74, 6) is 0. The monoisotopic (exact) mass is 374 g/mol. The van der Waals surface area contributed by atoms with Gasteiger partial charge < -0.3 is 18.3 Å². The molecule has 0 aromatic rings. The van der Waals surface area contributed by atoms with Gasteiger partial charge >= 0.3 is 0 Å². The fourth-order valence-electron chi connectivity index (χ4n) is 2.74. The molecule has 0 aromatic carbocycles. The van der Waals surface area contributed by atoms with Gasteiger partial charge in [0.2, 0.25) is 0 Å². The summed E-state index contributed by atoms with van der Waals surface area (Å²) in [5.41, 5.74) is 0. The first-order valence-corrected chi connectivity index (χ1v) is 15.1. The van der Waals surface area contributed by atoms with Crippen LogP contribution in [0, 0.1) is 0 Å². The van der Waals surface area contributed by atoms with E-state index in [0.29, 0.717) is 13.2 Å². The number of fused-ring (bicyclic) bond motifs is 1. The third-order valence-corrected chi connectivity index (χ3v) is 15.5. The first kappa shape index (κ1) is 20.6. The first-order chi connectivity index (χ1) is 10.7. The van der Waals surface area contributed by atoms with Crippen LogP contribution in [0.1, 0.15) is 41.5 Å². The van der Waals surface area contributed by atoms with Crippen LogP contribution in [-0.2, 0) is 18.3 Å². The number of hydrogen-bond acceptors (Lipinski definition) is 4. The Labute approximate surface area is 150 Å². The van der Waals surface area contributed by atoms with E-state index in [1.54, 1.807) is 0 Å². The van der Waals surface area contributed by atoms with Crippen LogP contribution < -0.4 is 0 Å². The summed E-state index contributed by atoms with van der Waals surface area (Å²) in [4.78, 5) is 0. The summed E-state index contributed by atoms with van der Waals surface area (Å²) in [7, 11) is -3.64. The highest BCUT2D eigenvalue weighted by molar-refractivity contribution is 6.74. The third kappa shape index (κ3) is 3.99. The lowest BCUT2D eigenvalue weighted by atomic mass is 10.1. The molecule has 142 valence electrons. The molecule has 0 unspecified atom stereocenters. The summed E-state index contributed by atoms with van der Waals surface area (Å²) >= 11 is 0. The predicted molar refractivity (Wildman–Crippen MR) is 104 cm³/mol. The zero-order chi connectivity index (χ0) is 18.6. The van der Waals surface area contributed by atoms with Gasteiger partial charge in [-0.3, -0.25) is 0 Å². The van der Waals surface area contributed by atoms with Crippen LogP contribution in [0.3, 0.4) is 0 Å². The molecule has 4 atom stereocenters. The number of ether oxygens (including phenoxy) is 2. The van der Waals surface area contributed by atoms with Gasteiger partial charge in [-0.15, -0.1) is 0 Å². The molecule has 6 heteroatoms. The minimum absolute atomic E-state index is 0.0221. The highest BCUT2D eigenvalue weighted by atomic mass is 28.4. The second-order valence-electron chi connectivity index (χ2n) is 10.4. The quantitative estimate of drug-likeness (QED) is 0.676. The maximum Gasteiger partial charge on any atom is 0.192 e. The van der Waals surface area contributed by atoms with Crippen molar-refractivity contribution in [2.45, 2.75) is 102 Å². The average molecular weight is 375 g/mol. The molecule has 0 amide bonds. The van der Waals surface area contributed by atoms with Crippen LogP contribution in [-0.4, -0.2) is 54.3 Å². The molecule has 0 spiro atoms. The fourth-order valence-corrected chi connectivity index (χ4v) is 5.37. The average Bonchev–Trinajstić information content (AvgIpc) is 2.90. The summed E-state index contributed by atoms with van der Waals surface area (Å²) in [6, 6.07) is 0. The highest BCUT2D eigenvalue weighted by Gasteiger charge is 2.53. The van der Waals surface area contributed by atoms with Crippen LogP contribution in [0.15, 0.2) is 0 Å². The predicted octanol–water partition coefficient (Wildman–Crippen LogP) is 4.56. The molecule has 2 rings (SSSR count). The van der Waals surface area contributed by atoms with E-state index in [1.165, 1.54) is 0 Å². The molecule has 0 saturated carbocycles. The molecule has 2 saturated heterocycles. The van der Waals surface area contributed by atoms with Crippen molar-refractivity contribution in [3.05, 3.63) is 0 Å². The van der Waals surface area contributed by atoms with E-state index < -0.39 is 16.6 Å². The Morgan fingerprint density at radius 2 is 0.958 bits per heavy atom. The van der Waals surface area contributed by atoms with Gasteiger partial charge in [0, 0.05) is 0 Å². The molecular formula is C18H38O4Si2. The molecular weight excluding hydrogens is 336 g/mol. The summed E-state index contributed by atoms with van der Waals surface area (Å²) in [6.45, 7) is 24.0. The van der Waals surface area contributed by atoms with Crippen molar-refractivity contribution in [3.63, 3.8) is 0 Å². The molecule has 4 nitrogen and oxygen atoms in total. The molecule has 2 fully saturated rings. The first-order valence-electron chi connectivity index (χ1n) is 9.24. The van der Waals surface area contributed by atoms with Crippen LogP contribution in [0.2, 0.25) is 36.3 Å². The van der Waals surface area contributed by atoms with Crippen molar-refractivity contribution in [2.75, 3.05) is 13.2 Å². The van der Waals surface area contributed by atoms with Crippen molar-refractivity contribution in [1.82, 2.24) is 0 Å². The SMILES string of the molecule is CC(C)(C)[Si](C)(C)O[C@@H]1CO[C@H]2[C@@H]1OC[C@H]2O[Si](C)(C)C(C)(C)C. The van der Waals surface area contributed by atoms with E-state index in [1.807, 2.05) is 0 Å². The van der Waals surface area contributed by atoms with Crippen molar-refractivity contribution >= 4 is 16.6 Å². The van der Waals surface area contributed by atoms with Gasteiger partial charge in [-0.25, -0.2) is 0 Å². The molecule has 0 radical (unpaired) electrons. The molecule has 0 N–H and O–H groups in total. The second kappa shape index (κ2) is 6.46. The van der Waals surface area contributed by atoms with Crippen LogP contribution >= 0.6 is 0 Å². The van der Waals surface area contributed by atoms with Crippen molar-refractivity contribution in [2.24, 2.45) is 0 Å². The van der Waals surface area contributed by atoms with Crippen molar-refractivity contribution in [1.29, 1.82) is 0 Å². The molecule has 0 bridgehead atoms. The van der Waals surface area contributed by atoms with E-state index in [0.717, 1.165) is 0 Å². The zero-order valence-electron chi connectivity index (χ0n) is 17.4. The van der Waals surface area contributed by atoms with E-state index in [4.69, 9.17) is 18.3 Å². The van der Waals surface area contributed by atoms with Gasteiger partial charge in [-0.2, -0.15) is 0 Å². The van der Waals surface area contributed by atoms with Crippen LogP contribution in [0.4, 0.5) is 0 Å². The largest absolute Gasteiger partial charge is 0.409 e. The molecule has 2 heterocycles. The molecule has 24 heavy (non-hydrogen) atoms. The zero-order valence-corrected chi connectivity index (χ0v) is 19.4. The Morgan fingerprint density at radius 1 is 0.667 bits per heavy atom. The maximum atomic E-state index is 6.57. The Kier molecular flexibility index (Phi) is 5.54. The summed E-state index contributed by atoms with van der Waals surface area (Å²) in [5, 5.41) is 0.390. The topological polar surface area (TPSA) is 36.9 Å². The molecule has 2 aliphatic rings. The lowest BCUT2D eigenvalue weighted by molar-refractivity contribution is 0.00982. The van der Waals surface area contributed by atoms with Crippen molar-refractivity contribution in [3.8, 4) is 0 Å². The van der Waals surface area contributed by atoms with Crippen LogP contribution in [0.25, 0.3) is 0 Å². The number of hydrogen-bond donors (Lipinski definition) is 0. The van der Waals surface area contributed by atoms with Gasteiger partial charge in [-0.05, 0) is 36.3 Å². The Bertz CT molecular complexity index is 409. The maximum absolute atomic E-state index is 6.57. The van der Waals surface area contributed by atoms with Gasteiger partial charge in [0.15, 0.2) is 16.6 Å². The van der Waals surface area contributed by atoms with Gasteiger partial charge in [0.25, 0.3) is 0 Å². The van der Waals surface area contributed by atoms with E-state index in [9.17, 15) is 0 Å². The van der Waals surface area contributed by atoms with E-state index in [-0.39, 0.29) is 34.5 Å². The fraction of sp³-hybridized carbons (Fsp3) is 1.00. The normalized spacial score (nSPS) is 32.2. The van der Waals surface area contributed by atoms with Gasteiger partial charge in [-0.1, -0.05) is 41.5 Å². The Hall–Kier alpha value is 0.274. The van der Waals surface area contributed by atoms with Crippen LogP contribution in [0.5, 0.6) is 0 Å². The smallest absolute Gasteiger partial charge is 0.192 e.